The van der Waals surface area contributed by atoms with Crippen molar-refractivity contribution in [1.82, 2.24) is 0 Å². The lowest BCUT2D eigenvalue weighted by Gasteiger charge is -2.66. The number of carbonyl (C=O) groups excluding carboxylic acids is 1. The molecule has 7 aliphatic rings. The van der Waals surface area contributed by atoms with Crippen molar-refractivity contribution in [3.63, 3.8) is 0 Å². The third-order valence-electron chi connectivity index (χ3n) is 18.7. The number of hydrogen-bond acceptors (Lipinski definition) is 3. The van der Waals surface area contributed by atoms with E-state index >= 15 is 0 Å². The van der Waals surface area contributed by atoms with Crippen molar-refractivity contribution in [2.45, 2.75) is 156 Å². The molecule has 0 radical (unpaired) electrons. The highest BCUT2D eigenvalue weighted by Crippen LogP contribution is 2.71. The Bertz CT molecular complexity index is 1490. The van der Waals surface area contributed by atoms with Crippen molar-refractivity contribution < 1.29 is 14.6 Å². The van der Waals surface area contributed by atoms with Crippen LogP contribution in [0, 0.1) is 69.0 Å². The van der Waals surface area contributed by atoms with Gasteiger partial charge in [-0.15, -0.1) is 0 Å². The van der Waals surface area contributed by atoms with Crippen LogP contribution in [-0.4, -0.2) is 30.2 Å². The molecule has 7 aliphatic carbocycles. The second-order valence-corrected chi connectivity index (χ2v) is 20.7. The summed E-state index contributed by atoms with van der Waals surface area (Å²) in [6.07, 6.45) is 20.5. The predicted octanol–water partition coefficient (Wildman–Crippen LogP) is 10.9. The summed E-state index contributed by atoms with van der Waals surface area (Å²) in [5.41, 5.74) is 6.23. The molecule has 3 heteroatoms. The lowest BCUT2D eigenvalue weighted by atomic mass is 9.38. The van der Waals surface area contributed by atoms with E-state index < -0.39 is 0 Å². The summed E-state index contributed by atoms with van der Waals surface area (Å²) in [5, 5.41) is 9.86. The van der Waals surface area contributed by atoms with Gasteiger partial charge in [0.25, 0.3) is 0 Å². The molecule has 5 fully saturated rings. The Morgan fingerprint density at radius 1 is 0.760 bits per heavy atom. The van der Waals surface area contributed by atoms with Crippen LogP contribution in [-0.2, 0) is 21.4 Å². The molecule has 0 saturated heterocycles. The summed E-state index contributed by atoms with van der Waals surface area (Å²) in [5.74, 6) is 5.95. The van der Waals surface area contributed by atoms with E-state index in [2.05, 4.69) is 78.8 Å². The first kappa shape index (κ1) is 35.6. The molecule has 0 aliphatic heterocycles. The minimum absolute atomic E-state index is 0.207. The third kappa shape index (κ3) is 5.10. The van der Waals surface area contributed by atoms with Crippen LogP contribution in [0.15, 0.2) is 35.9 Å². The number of carbonyl (C=O) groups is 1. The molecule has 13 atom stereocenters. The molecule has 3 nitrogen and oxygen atoms in total. The van der Waals surface area contributed by atoms with Crippen molar-refractivity contribution in [2.75, 3.05) is 13.2 Å². The minimum Gasteiger partial charge on any atom is -0.396 e. The maximum Gasteiger partial charge on any atom is 0.155 e. The Labute approximate surface area is 305 Å². The topological polar surface area (TPSA) is 46.5 Å². The number of allylic oxidation sites excluding steroid dienone is 1. The zero-order valence-electron chi connectivity index (χ0n) is 32.9. The van der Waals surface area contributed by atoms with Crippen molar-refractivity contribution in [2.24, 2.45) is 69.0 Å². The molecule has 1 aromatic carbocycles. The highest BCUT2D eigenvalue weighted by atomic mass is 16.5. The first-order valence-electron chi connectivity index (χ1n) is 21.3. The van der Waals surface area contributed by atoms with Crippen molar-refractivity contribution in [3.8, 4) is 0 Å². The standard InChI is InChI=1S/C47H70O3/c1-30(35-16-17-37-34-15-14-32-29-33(49)19-23-44(32,4)38(34)20-24-45(35,37)5)42(50-28-10-27-48)39-21-25-47(7)40(43(39,2)3)22-26-46(6)36-12-9-8-11-31(36)13-18-41(46)47/h8-9,11-12,29-30,34-35,37-42,48H,10,13-28H2,1-7H3/t30-,34-,35+,37-,38-,39-,40+,41+,42+,44-,45+,46+,47+/m0/s1. The Kier molecular flexibility index (Phi) is 8.94. The van der Waals surface area contributed by atoms with Gasteiger partial charge in [-0.3, -0.25) is 4.79 Å². The van der Waals surface area contributed by atoms with Gasteiger partial charge in [0.2, 0.25) is 0 Å². The Morgan fingerprint density at radius 2 is 1.54 bits per heavy atom. The maximum absolute atomic E-state index is 12.4. The van der Waals surface area contributed by atoms with Gasteiger partial charge in [-0.1, -0.05) is 78.3 Å². The van der Waals surface area contributed by atoms with Crippen molar-refractivity contribution in [3.05, 3.63) is 47.0 Å². The summed E-state index contributed by atoms with van der Waals surface area (Å²) in [7, 11) is 0. The van der Waals surface area contributed by atoms with E-state index in [1.165, 1.54) is 76.2 Å². The molecule has 1 N–H and O–H groups in total. The predicted molar refractivity (Wildman–Crippen MR) is 204 cm³/mol. The quantitative estimate of drug-likeness (QED) is 0.291. The van der Waals surface area contributed by atoms with Crippen LogP contribution in [0.5, 0.6) is 0 Å². The lowest BCUT2D eigenvalue weighted by molar-refractivity contribution is -0.180. The molecule has 0 unspecified atom stereocenters. The number of hydrogen-bond donors (Lipinski definition) is 1. The Balaban J connectivity index is 1.06. The molecule has 276 valence electrons. The van der Waals surface area contributed by atoms with Crippen LogP contribution in [0.2, 0.25) is 0 Å². The molecule has 8 rings (SSSR count). The van der Waals surface area contributed by atoms with Gasteiger partial charge in [0.15, 0.2) is 5.78 Å². The second kappa shape index (κ2) is 12.6. The zero-order valence-corrected chi connectivity index (χ0v) is 32.9. The smallest absolute Gasteiger partial charge is 0.155 e. The van der Waals surface area contributed by atoms with Crippen LogP contribution in [0.25, 0.3) is 0 Å². The first-order valence-corrected chi connectivity index (χ1v) is 21.3. The second-order valence-electron chi connectivity index (χ2n) is 20.7. The average Bonchev–Trinajstić information content (AvgIpc) is 3.44. The molecule has 0 aromatic heterocycles. The number of rotatable bonds is 7. The van der Waals surface area contributed by atoms with Gasteiger partial charge in [-0.25, -0.2) is 0 Å². The lowest BCUT2D eigenvalue weighted by Crippen LogP contribution is -2.61. The van der Waals surface area contributed by atoms with E-state index in [-0.39, 0.29) is 23.5 Å². The molecule has 5 saturated carbocycles. The van der Waals surface area contributed by atoms with Gasteiger partial charge in [0, 0.05) is 19.6 Å². The number of aliphatic hydroxyl groups excluding tert-OH is 1. The molecular weight excluding hydrogens is 613 g/mol. The monoisotopic (exact) mass is 683 g/mol. The van der Waals surface area contributed by atoms with Gasteiger partial charge >= 0.3 is 0 Å². The van der Waals surface area contributed by atoms with E-state index in [4.69, 9.17) is 4.74 Å². The minimum atomic E-state index is 0.207. The largest absolute Gasteiger partial charge is 0.396 e. The first-order chi connectivity index (χ1) is 23.8. The number of benzene rings is 1. The normalized spacial score (nSPS) is 45.9. The zero-order chi connectivity index (χ0) is 35.3. The summed E-state index contributed by atoms with van der Waals surface area (Å²) in [6.45, 7) is 19.4. The molecule has 0 heterocycles. The van der Waals surface area contributed by atoms with Crippen LogP contribution in [0.3, 0.4) is 0 Å². The van der Waals surface area contributed by atoms with Gasteiger partial charge in [0.1, 0.15) is 0 Å². The fourth-order valence-electron chi connectivity index (χ4n) is 16.4. The van der Waals surface area contributed by atoms with Gasteiger partial charge in [-0.05, 0) is 182 Å². The van der Waals surface area contributed by atoms with Crippen LogP contribution < -0.4 is 0 Å². The molecular formula is C47H70O3. The number of aryl methyl sites for hydroxylation is 1. The number of aliphatic hydroxyl groups is 1. The average molecular weight is 683 g/mol. The highest BCUT2D eigenvalue weighted by Gasteiger charge is 2.64. The summed E-state index contributed by atoms with van der Waals surface area (Å²) in [6, 6.07) is 9.42. The van der Waals surface area contributed by atoms with E-state index in [0.717, 1.165) is 49.4 Å². The van der Waals surface area contributed by atoms with Crippen molar-refractivity contribution in [1.29, 1.82) is 0 Å². The Hall–Kier alpha value is -1.45. The van der Waals surface area contributed by atoms with Gasteiger partial charge in [-0.2, -0.15) is 0 Å². The molecule has 0 spiro atoms. The number of fused-ring (bicyclic) bond motifs is 10. The van der Waals surface area contributed by atoms with Crippen molar-refractivity contribution >= 4 is 5.78 Å². The fourth-order valence-corrected chi connectivity index (χ4v) is 16.4. The third-order valence-corrected chi connectivity index (χ3v) is 18.7. The summed E-state index contributed by atoms with van der Waals surface area (Å²) >= 11 is 0. The molecule has 0 bridgehead atoms. The molecule has 0 amide bonds. The number of ketones is 1. The molecule has 50 heavy (non-hydrogen) atoms. The summed E-state index contributed by atoms with van der Waals surface area (Å²) in [4.78, 5) is 12.4. The summed E-state index contributed by atoms with van der Waals surface area (Å²) < 4.78 is 7.15. The van der Waals surface area contributed by atoms with Crippen LogP contribution in [0.4, 0.5) is 0 Å². The number of ether oxygens (including phenoxy) is 1. The SMILES string of the molecule is C[C@H]([C@@H](OCCCO)[C@@H]1CC[C@]2(C)[C@H](CC[C@]3(C)c4ccccc4CC[C@@H]23)C1(C)C)[C@H]1CC[C@H]2[C@@H]3CCC4=CC(=O)CC[C@]4(C)[C@H]3CC[C@]12C. The van der Waals surface area contributed by atoms with E-state index in [1.54, 1.807) is 11.1 Å². The van der Waals surface area contributed by atoms with Crippen LogP contribution in [0.1, 0.15) is 149 Å². The van der Waals surface area contributed by atoms with E-state index in [9.17, 15) is 9.90 Å². The Morgan fingerprint density at radius 3 is 2.34 bits per heavy atom. The van der Waals surface area contributed by atoms with E-state index in [0.29, 0.717) is 52.3 Å². The fraction of sp³-hybridized carbons (Fsp3) is 0.809. The molecule has 1 aromatic rings. The van der Waals surface area contributed by atoms with Crippen LogP contribution >= 0.6 is 0 Å². The van der Waals surface area contributed by atoms with E-state index in [1.807, 2.05) is 0 Å². The van der Waals surface area contributed by atoms with Gasteiger partial charge in [0.05, 0.1) is 6.10 Å². The highest BCUT2D eigenvalue weighted by molar-refractivity contribution is 5.91. The maximum atomic E-state index is 12.4. The van der Waals surface area contributed by atoms with Gasteiger partial charge < -0.3 is 9.84 Å².